The van der Waals surface area contributed by atoms with Crippen molar-refractivity contribution >= 4 is 17.5 Å². The number of nitrogens with two attached hydrogens (primary N) is 1. The molecule has 0 saturated carbocycles. The van der Waals surface area contributed by atoms with E-state index in [4.69, 9.17) is 20.8 Å². The fourth-order valence-electron chi connectivity index (χ4n) is 1.63. The van der Waals surface area contributed by atoms with E-state index in [0.717, 1.165) is 6.20 Å². The van der Waals surface area contributed by atoms with Crippen LogP contribution in [0.4, 0.5) is 21.8 Å². The quantitative estimate of drug-likeness (QED) is 0.605. The summed E-state index contributed by atoms with van der Waals surface area (Å²) in [5.74, 6) is -0.678. The lowest BCUT2D eigenvalue weighted by atomic mass is 10.2. The Hall–Kier alpha value is -2.96. The van der Waals surface area contributed by atoms with Gasteiger partial charge in [-0.2, -0.15) is 10.2 Å². The molecule has 0 spiro atoms. The largest absolute Gasteiger partial charge is 0.489 e. The molecule has 5 N–H and O–H groups in total. The predicted octanol–water partition coefficient (Wildman–Crippen LogP) is 0.545. The van der Waals surface area contributed by atoms with Gasteiger partial charge in [-0.15, -0.1) is 0 Å². The number of anilines is 3. The second kappa shape index (κ2) is 7.35. The maximum absolute atomic E-state index is 13.0. The van der Waals surface area contributed by atoms with Crippen LogP contribution in [0, 0.1) is 17.1 Å². The average molecular weight is 319 g/mol. The first-order chi connectivity index (χ1) is 11.0. The minimum Gasteiger partial charge on any atom is -0.489 e. The normalized spacial score (nSPS) is 11.6. The van der Waals surface area contributed by atoms with Crippen molar-refractivity contribution in [1.82, 2.24) is 9.97 Å². The zero-order chi connectivity index (χ0) is 16.8. The van der Waals surface area contributed by atoms with E-state index in [1.165, 1.54) is 12.1 Å². The van der Waals surface area contributed by atoms with Gasteiger partial charge in [-0.1, -0.05) is 0 Å². The maximum Gasteiger partial charge on any atom is 0.229 e. The lowest BCUT2D eigenvalue weighted by molar-refractivity contribution is 0.0535. The SMILES string of the molecule is N#Cc1cc(Nc2ncc(F)c(N)n2)ccc1OCC(O)CO. The van der Waals surface area contributed by atoms with Crippen LogP contribution < -0.4 is 15.8 Å². The number of hydrogen-bond donors (Lipinski definition) is 4. The minimum absolute atomic E-state index is 0.0807. The van der Waals surface area contributed by atoms with Crippen molar-refractivity contribution in [2.75, 3.05) is 24.3 Å². The minimum atomic E-state index is -1.03. The third-order valence-electron chi connectivity index (χ3n) is 2.77. The first-order valence-corrected chi connectivity index (χ1v) is 6.54. The highest BCUT2D eigenvalue weighted by Crippen LogP contribution is 2.24. The Morgan fingerprint density at radius 3 is 2.91 bits per heavy atom. The number of aromatic nitrogens is 2. The van der Waals surface area contributed by atoms with Crippen molar-refractivity contribution in [1.29, 1.82) is 5.26 Å². The number of benzene rings is 1. The number of nitrogen functional groups attached to an aromatic ring is 1. The van der Waals surface area contributed by atoms with E-state index in [0.29, 0.717) is 5.69 Å². The molecule has 9 heteroatoms. The summed E-state index contributed by atoms with van der Waals surface area (Å²) in [6.07, 6.45) is -0.0983. The predicted molar refractivity (Wildman–Crippen MR) is 79.4 cm³/mol. The summed E-state index contributed by atoms with van der Waals surface area (Å²) in [5, 5.41) is 29.9. The van der Waals surface area contributed by atoms with Crippen LogP contribution in [0.1, 0.15) is 5.56 Å². The number of halogens is 1. The van der Waals surface area contributed by atoms with Gasteiger partial charge in [0.1, 0.15) is 24.5 Å². The first kappa shape index (κ1) is 16.4. The van der Waals surface area contributed by atoms with Crippen molar-refractivity contribution in [3.63, 3.8) is 0 Å². The number of nitriles is 1. The summed E-state index contributed by atoms with van der Waals surface area (Å²) in [5.41, 5.74) is 6.03. The van der Waals surface area contributed by atoms with Crippen LogP contribution in [0.3, 0.4) is 0 Å². The molecule has 1 unspecified atom stereocenters. The monoisotopic (exact) mass is 319 g/mol. The van der Waals surface area contributed by atoms with Gasteiger partial charge in [0.2, 0.25) is 5.95 Å². The highest BCUT2D eigenvalue weighted by atomic mass is 19.1. The summed E-state index contributed by atoms with van der Waals surface area (Å²) >= 11 is 0. The molecule has 0 aliphatic carbocycles. The number of ether oxygens (including phenoxy) is 1. The molecule has 0 bridgehead atoms. The van der Waals surface area contributed by atoms with Crippen LogP contribution >= 0.6 is 0 Å². The molecule has 1 heterocycles. The molecular weight excluding hydrogens is 305 g/mol. The van der Waals surface area contributed by atoms with Crippen molar-refractivity contribution in [3.05, 3.63) is 35.8 Å². The lowest BCUT2D eigenvalue weighted by Crippen LogP contribution is -2.21. The average Bonchev–Trinajstić information content (AvgIpc) is 2.56. The Morgan fingerprint density at radius 2 is 2.26 bits per heavy atom. The number of rotatable bonds is 6. The van der Waals surface area contributed by atoms with E-state index in [2.05, 4.69) is 15.3 Å². The molecule has 0 amide bonds. The summed E-state index contributed by atoms with van der Waals surface area (Å²) in [6.45, 7) is -0.583. The molecule has 0 aliphatic heterocycles. The third kappa shape index (κ3) is 4.26. The van der Waals surface area contributed by atoms with Crippen LogP contribution in [0.5, 0.6) is 5.75 Å². The highest BCUT2D eigenvalue weighted by molar-refractivity contribution is 5.60. The van der Waals surface area contributed by atoms with Crippen molar-refractivity contribution in [3.8, 4) is 11.8 Å². The van der Waals surface area contributed by atoms with Crippen LogP contribution in [-0.4, -0.2) is 39.5 Å². The molecule has 120 valence electrons. The van der Waals surface area contributed by atoms with Crippen LogP contribution in [-0.2, 0) is 0 Å². The fourth-order valence-corrected chi connectivity index (χ4v) is 1.63. The topological polar surface area (TPSA) is 137 Å². The van der Waals surface area contributed by atoms with Crippen molar-refractivity contribution in [2.45, 2.75) is 6.10 Å². The maximum atomic E-state index is 13.0. The lowest BCUT2D eigenvalue weighted by Gasteiger charge is -2.12. The second-order valence-corrected chi connectivity index (χ2v) is 4.52. The second-order valence-electron chi connectivity index (χ2n) is 4.52. The van der Waals surface area contributed by atoms with Crippen LogP contribution in [0.15, 0.2) is 24.4 Å². The van der Waals surface area contributed by atoms with Gasteiger partial charge < -0.3 is 26.0 Å². The smallest absolute Gasteiger partial charge is 0.229 e. The summed E-state index contributed by atoms with van der Waals surface area (Å²) in [4.78, 5) is 7.45. The Kier molecular flexibility index (Phi) is 5.24. The molecule has 2 rings (SSSR count). The third-order valence-corrected chi connectivity index (χ3v) is 2.77. The van der Waals surface area contributed by atoms with Crippen LogP contribution in [0.25, 0.3) is 0 Å². The molecule has 0 fully saturated rings. The number of nitrogens with zero attached hydrogens (tertiary/aromatic N) is 3. The van der Waals surface area contributed by atoms with Gasteiger partial charge in [0.05, 0.1) is 18.4 Å². The Labute approximate surface area is 131 Å². The molecule has 1 atom stereocenters. The highest BCUT2D eigenvalue weighted by Gasteiger charge is 2.09. The Balaban J connectivity index is 2.15. The van der Waals surface area contributed by atoms with Gasteiger partial charge in [-0.25, -0.2) is 9.37 Å². The Bertz CT molecular complexity index is 735. The standard InChI is InChI=1S/C14H14FN5O3/c15-11-5-18-14(20-13(11)17)19-9-1-2-12(8(3-9)4-16)23-7-10(22)6-21/h1-3,5,10,21-22H,6-7H2,(H3,17,18,19,20). The van der Waals surface area contributed by atoms with E-state index >= 15 is 0 Å². The van der Waals surface area contributed by atoms with Gasteiger partial charge >= 0.3 is 0 Å². The number of hydrogen-bond acceptors (Lipinski definition) is 8. The zero-order valence-corrected chi connectivity index (χ0v) is 11.9. The van der Waals surface area contributed by atoms with E-state index in [1.807, 2.05) is 6.07 Å². The van der Waals surface area contributed by atoms with E-state index in [9.17, 15) is 9.50 Å². The van der Waals surface area contributed by atoms with Gasteiger partial charge in [0.15, 0.2) is 11.6 Å². The van der Waals surface area contributed by atoms with Gasteiger partial charge in [0, 0.05) is 5.69 Å². The summed E-state index contributed by atoms with van der Waals surface area (Å²) in [7, 11) is 0. The van der Waals surface area contributed by atoms with Gasteiger partial charge in [-0.05, 0) is 18.2 Å². The van der Waals surface area contributed by atoms with E-state index < -0.39 is 18.5 Å². The Morgan fingerprint density at radius 1 is 1.48 bits per heavy atom. The van der Waals surface area contributed by atoms with E-state index in [-0.39, 0.29) is 29.7 Å². The molecule has 0 aliphatic rings. The zero-order valence-electron chi connectivity index (χ0n) is 11.9. The van der Waals surface area contributed by atoms with Gasteiger partial charge in [0.25, 0.3) is 0 Å². The molecule has 1 aromatic heterocycles. The molecule has 0 radical (unpaired) electrons. The summed E-state index contributed by atoms with van der Waals surface area (Å²) < 4.78 is 18.3. The molecule has 2 aromatic rings. The first-order valence-electron chi connectivity index (χ1n) is 6.54. The number of aliphatic hydroxyl groups is 2. The molecule has 23 heavy (non-hydrogen) atoms. The summed E-state index contributed by atoms with van der Waals surface area (Å²) in [6, 6.07) is 6.52. The van der Waals surface area contributed by atoms with Crippen molar-refractivity contribution < 1.29 is 19.3 Å². The van der Waals surface area contributed by atoms with Gasteiger partial charge in [-0.3, -0.25) is 0 Å². The van der Waals surface area contributed by atoms with E-state index in [1.54, 1.807) is 6.07 Å². The van der Waals surface area contributed by atoms with Crippen molar-refractivity contribution in [2.24, 2.45) is 0 Å². The number of nitrogens with one attached hydrogen (secondary N) is 1. The molecule has 8 nitrogen and oxygen atoms in total. The molecule has 1 aromatic carbocycles. The van der Waals surface area contributed by atoms with Crippen LogP contribution in [0.2, 0.25) is 0 Å². The molecule has 0 saturated heterocycles. The fraction of sp³-hybridized carbons (Fsp3) is 0.214. The molecular formula is C14H14FN5O3. The number of aliphatic hydroxyl groups excluding tert-OH is 2.